The number of aliphatic imine (C=N–C) groups is 1. The normalized spacial score (nSPS) is 13.7. The molecule has 1 atom stereocenters. The standard InChI is InChI=1S/C52H41N3O5P2S2/c56-48(53-31-16-32-62(40-21-10-3-11-22-40,41-23-12-4-13-24-41)42-25-14-5-15-26-42)36-27-29-43(46(33-36)61(38-17-6-1-7-18-38)39-19-8-2-9-20-39)52(59)60-37-28-30-44-47(34-37)64-50(54-44)49-55-45(35-63-49)51(57)58/h1-15,17-30,33-34,45H,16,31-32,35H2,(H-,53,56,57,58)/p+1/t45-/m1/s1. The predicted octanol–water partition coefficient (Wildman–Crippen LogP) is 8.33. The number of benzene rings is 7. The van der Waals surface area contributed by atoms with Gasteiger partial charge in [-0.05, 0) is 91.7 Å². The van der Waals surface area contributed by atoms with Gasteiger partial charge in [0.1, 0.15) is 39.0 Å². The number of hydrogen-bond donors (Lipinski definition) is 2. The Morgan fingerprint density at radius 2 is 1.27 bits per heavy atom. The summed E-state index contributed by atoms with van der Waals surface area (Å²) in [7, 11) is -3.38. The van der Waals surface area contributed by atoms with Crippen molar-refractivity contribution in [3.63, 3.8) is 0 Å². The van der Waals surface area contributed by atoms with Crippen molar-refractivity contribution in [2.45, 2.75) is 12.5 Å². The van der Waals surface area contributed by atoms with Crippen molar-refractivity contribution in [1.82, 2.24) is 10.3 Å². The van der Waals surface area contributed by atoms with E-state index in [1.165, 1.54) is 39.0 Å². The molecule has 2 N–H and O–H groups in total. The number of carbonyl (C=O) groups excluding carboxylic acids is 2. The van der Waals surface area contributed by atoms with Crippen LogP contribution in [0, 0.1) is 0 Å². The molecule has 64 heavy (non-hydrogen) atoms. The van der Waals surface area contributed by atoms with Crippen LogP contribution in [0.3, 0.4) is 0 Å². The van der Waals surface area contributed by atoms with Crippen molar-refractivity contribution in [3.05, 3.63) is 204 Å². The van der Waals surface area contributed by atoms with Gasteiger partial charge in [-0.1, -0.05) is 115 Å². The summed E-state index contributed by atoms with van der Waals surface area (Å²) in [5, 5.41) is 20.5. The van der Waals surface area contributed by atoms with Gasteiger partial charge in [0.15, 0.2) is 6.04 Å². The maximum atomic E-state index is 14.4. The van der Waals surface area contributed by atoms with Gasteiger partial charge in [0.25, 0.3) is 5.91 Å². The Bertz CT molecular complexity index is 2820. The Balaban J connectivity index is 1.01. The van der Waals surface area contributed by atoms with Gasteiger partial charge < -0.3 is 15.2 Å². The van der Waals surface area contributed by atoms with Crippen LogP contribution in [-0.2, 0) is 4.79 Å². The van der Waals surface area contributed by atoms with E-state index in [-0.39, 0.29) is 5.91 Å². The van der Waals surface area contributed by atoms with Gasteiger partial charge >= 0.3 is 11.9 Å². The fourth-order valence-corrected chi connectivity index (χ4v) is 16.9. The number of carbonyl (C=O) groups is 3. The predicted molar refractivity (Wildman–Crippen MR) is 267 cm³/mol. The highest BCUT2D eigenvalue weighted by Crippen LogP contribution is 2.55. The second-order valence-electron chi connectivity index (χ2n) is 15.0. The quantitative estimate of drug-likeness (QED) is 0.0460. The lowest BCUT2D eigenvalue weighted by molar-refractivity contribution is -0.137. The zero-order valence-electron chi connectivity index (χ0n) is 34.5. The Morgan fingerprint density at radius 3 is 1.81 bits per heavy atom. The van der Waals surface area contributed by atoms with Crippen molar-refractivity contribution in [2.24, 2.45) is 4.99 Å². The van der Waals surface area contributed by atoms with Gasteiger partial charge in [0, 0.05) is 29.2 Å². The van der Waals surface area contributed by atoms with Crippen LogP contribution in [0.5, 0.6) is 5.75 Å². The molecule has 9 rings (SSSR count). The minimum absolute atomic E-state index is 0.216. The minimum atomic E-state index is -2.07. The van der Waals surface area contributed by atoms with Crippen LogP contribution in [0.2, 0.25) is 0 Å². The highest BCUT2D eigenvalue weighted by Gasteiger charge is 2.44. The van der Waals surface area contributed by atoms with E-state index in [2.05, 4.69) is 131 Å². The average molecular weight is 915 g/mol. The van der Waals surface area contributed by atoms with E-state index in [1.807, 2.05) is 42.5 Å². The van der Waals surface area contributed by atoms with E-state index >= 15 is 0 Å². The van der Waals surface area contributed by atoms with Crippen LogP contribution < -0.4 is 41.9 Å². The fourth-order valence-electron chi connectivity index (χ4n) is 7.95. The number of aromatic nitrogens is 1. The number of thiazole rings is 1. The molecule has 1 amide bonds. The monoisotopic (exact) mass is 914 g/mol. The molecule has 8 nitrogen and oxygen atoms in total. The van der Waals surface area contributed by atoms with E-state index in [9.17, 15) is 19.5 Å². The summed E-state index contributed by atoms with van der Waals surface area (Å²) in [4.78, 5) is 49.1. The first-order valence-electron chi connectivity index (χ1n) is 20.8. The fraction of sp³-hybridized carbons (Fsp3) is 0.0962. The summed E-state index contributed by atoms with van der Waals surface area (Å²) >= 11 is 2.74. The molecule has 7 aromatic carbocycles. The second kappa shape index (κ2) is 19.6. The first-order chi connectivity index (χ1) is 31.4. The molecule has 1 aliphatic rings. The number of hydrogen-bond acceptors (Lipinski definition) is 8. The SMILES string of the molecule is O=C(NCCC[P+](c1ccccc1)(c1ccccc1)c1ccccc1)c1ccc(C(=O)Oc2ccc3nc(C4=N[C@@H](C(=O)O)CS4)sc3c2)c(P(c2ccccc2)c2ccccc2)c1. The van der Waals surface area contributed by atoms with Crippen molar-refractivity contribution < 1.29 is 24.2 Å². The van der Waals surface area contributed by atoms with Crippen molar-refractivity contribution in [1.29, 1.82) is 0 Å². The van der Waals surface area contributed by atoms with Gasteiger partial charge in [-0.2, -0.15) is 0 Å². The molecule has 0 radical (unpaired) electrons. The Hall–Kier alpha value is -6.28. The van der Waals surface area contributed by atoms with Crippen molar-refractivity contribution in [2.75, 3.05) is 18.5 Å². The number of esters is 1. The summed E-state index contributed by atoms with van der Waals surface area (Å²) < 4.78 is 6.89. The van der Waals surface area contributed by atoms with Gasteiger partial charge in [-0.15, -0.1) is 23.1 Å². The molecule has 0 spiro atoms. The van der Waals surface area contributed by atoms with E-state index in [0.29, 0.717) is 50.0 Å². The van der Waals surface area contributed by atoms with Crippen molar-refractivity contribution in [3.8, 4) is 5.75 Å². The number of nitrogens with zero attached hydrogens (tertiary/aromatic N) is 2. The van der Waals surface area contributed by atoms with E-state index in [0.717, 1.165) is 27.9 Å². The third-order valence-electron chi connectivity index (χ3n) is 11.0. The summed E-state index contributed by atoms with van der Waals surface area (Å²) in [6.45, 7) is 0.465. The van der Waals surface area contributed by atoms with Crippen LogP contribution >= 0.6 is 38.3 Å². The summed E-state index contributed by atoms with van der Waals surface area (Å²) in [5.74, 6) is -1.02. The van der Waals surface area contributed by atoms with Crippen LogP contribution in [0.15, 0.2) is 193 Å². The number of carboxylic acid groups (broad SMARTS) is 1. The highest BCUT2D eigenvalue weighted by molar-refractivity contribution is 8.15. The zero-order chi connectivity index (χ0) is 43.9. The smallest absolute Gasteiger partial charge is 0.344 e. The Kier molecular flexibility index (Phi) is 13.2. The Labute approximate surface area is 381 Å². The third-order valence-corrected chi connectivity index (χ3v) is 20.2. The number of carboxylic acids is 1. The molecular weight excluding hydrogens is 873 g/mol. The van der Waals surface area contributed by atoms with E-state index in [1.54, 1.807) is 30.3 Å². The molecule has 1 aromatic heterocycles. The van der Waals surface area contributed by atoms with Crippen LogP contribution in [-0.4, -0.2) is 57.5 Å². The van der Waals surface area contributed by atoms with E-state index < -0.39 is 33.2 Å². The molecule has 0 unspecified atom stereocenters. The minimum Gasteiger partial charge on any atom is -0.480 e. The molecule has 0 fully saturated rings. The third kappa shape index (κ3) is 9.19. The maximum Gasteiger partial charge on any atom is 0.344 e. The Morgan fingerprint density at radius 1 is 0.703 bits per heavy atom. The molecule has 0 saturated heterocycles. The average Bonchev–Trinajstić information content (AvgIpc) is 4.02. The number of thioether (sulfide) groups is 1. The summed E-state index contributed by atoms with van der Waals surface area (Å²) in [6, 6.07) is 62.1. The zero-order valence-corrected chi connectivity index (χ0v) is 37.9. The number of rotatable bonds is 15. The maximum absolute atomic E-state index is 14.4. The molecule has 316 valence electrons. The molecule has 0 aliphatic carbocycles. The number of nitrogens with one attached hydrogen (secondary N) is 1. The first-order valence-corrected chi connectivity index (χ1v) is 25.9. The van der Waals surface area contributed by atoms with Crippen molar-refractivity contribution >= 4 is 103 Å². The lowest BCUT2D eigenvalue weighted by atomic mass is 10.1. The molecule has 0 saturated carbocycles. The number of fused-ring (bicyclic) bond motifs is 1. The number of ether oxygens (including phenoxy) is 1. The first kappa shape index (κ1) is 43.0. The highest BCUT2D eigenvalue weighted by atomic mass is 32.2. The van der Waals surface area contributed by atoms with Crippen LogP contribution in [0.4, 0.5) is 0 Å². The van der Waals surface area contributed by atoms with Gasteiger partial charge in [-0.3, -0.25) is 9.79 Å². The largest absolute Gasteiger partial charge is 0.480 e. The van der Waals surface area contributed by atoms with Crippen LogP contribution in [0.1, 0.15) is 32.1 Å². The number of amides is 1. The van der Waals surface area contributed by atoms with Gasteiger partial charge in [-0.25, -0.2) is 14.6 Å². The summed E-state index contributed by atoms with van der Waals surface area (Å²) in [5.41, 5.74) is 1.51. The topological polar surface area (TPSA) is 118 Å². The van der Waals surface area contributed by atoms with Crippen LogP contribution in [0.25, 0.3) is 10.2 Å². The lowest BCUT2D eigenvalue weighted by Gasteiger charge is -2.27. The van der Waals surface area contributed by atoms with Gasteiger partial charge in [0.2, 0.25) is 0 Å². The number of aliphatic carboxylic acids is 1. The molecule has 8 aromatic rings. The molecule has 2 heterocycles. The molecule has 0 bridgehead atoms. The van der Waals surface area contributed by atoms with Gasteiger partial charge in [0.05, 0.1) is 21.9 Å². The second-order valence-corrected chi connectivity index (χ2v) is 22.9. The lowest BCUT2D eigenvalue weighted by Crippen LogP contribution is -2.35. The molecule has 12 heteroatoms. The molecular formula is C52H42N3O5P2S2+. The molecule has 1 aliphatic heterocycles. The summed E-state index contributed by atoms with van der Waals surface area (Å²) in [6.07, 6.45) is 1.61. The van der Waals surface area contributed by atoms with E-state index in [4.69, 9.17) is 4.74 Å².